The van der Waals surface area contributed by atoms with Crippen LogP contribution in [0.25, 0.3) is 0 Å². The molecule has 1 amide bonds. The van der Waals surface area contributed by atoms with E-state index in [9.17, 15) is 14.9 Å². The molecular weight excluding hydrogens is 389 g/mol. The van der Waals surface area contributed by atoms with E-state index in [1.807, 2.05) is 57.2 Å². The third kappa shape index (κ3) is 5.99. The fourth-order valence-electron chi connectivity index (χ4n) is 2.98. The number of benzene rings is 2. The number of thioether (sulfide) groups is 1. The molecule has 0 spiro atoms. The summed E-state index contributed by atoms with van der Waals surface area (Å²) >= 11 is 1.61. The number of amides is 1. The van der Waals surface area contributed by atoms with E-state index in [1.54, 1.807) is 17.8 Å². The summed E-state index contributed by atoms with van der Waals surface area (Å²) in [5, 5.41) is 23.3. The molecule has 3 rings (SSSR count). The number of carbonyl (C=O) groups excluding carboxylic acids is 1. The summed E-state index contributed by atoms with van der Waals surface area (Å²) in [4.78, 5) is 12.7. The van der Waals surface area contributed by atoms with E-state index < -0.39 is 24.9 Å². The molecule has 154 valence electrons. The zero-order chi connectivity index (χ0) is 21.0. The van der Waals surface area contributed by atoms with Gasteiger partial charge in [0.05, 0.1) is 6.61 Å². The highest BCUT2D eigenvalue weighted by Gasteiger charge is 2.28. The SMILES string of the molecule is CC(C)(C)OC(=O)NCCSc1ccc(C(O)c2ccc3c(c2)B(O)OC3)cc1. The minimum Gasteiger partial charge on any atom is -0.444 e. The third-order valence-electron chi connectivity index (χ3n) is 4.38. The van der Waals surface area contributed by atoms with Gasteiger partial charge >= 0.3 is 13.2 Å². The van der Waals surface area contributed by atoms with Gasteiger partial charge in [0.1, 0.15) is 11.7 Å². The fraction of sp³-hybridized carbons (Fsp3) is 0.381. The lowest BCUT2D eigenvalue weighted by Gasteiger charge is -2.19. The maximum atomic E-state index is 11.6. The molecule has 2 aromatic carbocycles. The lowest BCUT2D eigenvalue weighted by Crippen LogP contribution is -2.33. The average molecular weight is 415 g/mol. The van der Waals surface area contributed by atoms with E-state index in [0.29, 0.717) is 24.4 Å². The second-order valence-corrected chi connectivity index (χ2v) is 9.04. The fourth-order valence-corrected chi connectivity index (χ4v) is 3.75. The molecule has 6 nitrogen and oxygen atoms in total. The second kappa shape index (κ2) is 9.22. The summed E-state index contributed by atoms with van der Waals surface area (Å²) in [6, 6.07) is 13.2. The molecule has 1 aliphatic rings. The number of carbonyl (C=O) groups is 1. The lowest BCUT2D eigenvalue weighted by molar-refractivity contribution is 0.0531. The van der Waals surface area contributed by atoms with Crippen LogP contribution in [0.5, 0.6) is 0 Å². The van der Waals surface area contributed by atoms with Crippen LogP contribution in [0.15, 0.2) is 47.4 Å². The Morgan fingerprint density at radius 1 is 1.24 bits per heavy atom. The highest BCUT2D eigenvalue weighted by molar-refractivity contribution is 7.99. The summed E-state index contributed by atoms with van der Waals surface area (Å²) in [6.45, 7) is 6.38. The molecule has 2 aromatic rings. The van der Waals surface area contributed by atoms with Crippen LogP contribution in [-0.2, 0) is 16.0 Å². The molecule has 29 heavy (non-hydrogen) atoms. The number of aliphatic hydroxyl groups is 1. The highest BCUT2D eigenvalue weighted by Crippen LogP contribution is 2.26. The van der Waals surface area contributed by atoms with Gasteiger partial charge in [-0.1, -0.05) is 30.3 Å². The van der Waals surface area contributed by atoms with Gasteiger partial charge in [-0.3, -0.25) is 0 Å². The van der Waals surface area contributed by atoms with E-state index in [2.05, 4.69) is 5.32 Å². The molecule has 0 aromatic heterocycles. The van der Waals surface area contributed by atoms with Crippen molar-refractivity contribution in [2.24, 2.45) is 0 Å². The Kier molecular flexibility index (Phi) is 6.90. The van der Waals surface area contributed by atoms with Crippen LogP contribution in [-0.4, -0.2) is 41.2 Å². The molecule has 0 saturated heterocycles. The topological polar surface area (TPSA) is 88.0 Å². The van der Waals surface area contributed by atoms with Gasteiger partial charge in [0.2, 0.25) is 0 Å². The first-order valence-electron chi connectivity index (χ1n) is 9.53. The number of fused-ring (bicyclic) bond motifs is 1. The number of hydrogen-bond acceptors (Lipinski definition) is 6. The largest absolute Gasteiger partial charge is 0.491 e. The van der Waals surface area contributed by atoms with E-state index in [-0.39, 0.29) is 0 Å². The van der Waals surface area contributed by atoms with Crippen molar-refractivity contribution in [1.29, 1.82) is 0 Å². The molecule has 0 radical (unpaired) electrons. The molecule has 3 N–H and O–H groups in total. The van der Waals surface area contributed by atoms with Gasteiger partial charge in [0, 0.05) is 17.2 Å². The monoisotopic (exact) mass is 415 g/mol. The van der Waals surface area contributed by atoms with Gasteiger partial charge in [-0.2, -0.15) is 0 Å². The zero-order valence-corrected chi connectivity index (χ0v) is 17.7. The van der Waals surface area contributed by atoms with Crippen LogP contribution in [0.4, 0.5) is 4.79 Å². The molecule has 0 saturated carbocycles. The van der Waals surface area contributed by atoms with Gasteiger partial charge in [0.25, 0.3) is 0 Å². The van der Waals surface area contributed by atoms with Crippen molar-refractivity contribution in [1.82, 2.24) is 5.32 Å². The lowest BCUT2D eigenvalue weighted by atomic mass is 9.78. The van der Waals surface area contributed by atoms with E-state index in [4.69, 9.17) is 9.39 Å². The molecule has 1 heterocycles. The van der Waals surface area contributed by atoms with Crippen molar-refractivity contribution < 1.29 is 24.3 Å². The summed E-state index contributed by atoms with van der Waals surface area (Å²) in [7, 11) is -0.926. The van der Waals surface area contributed by atoms with Gasteiger partial charge in [-0.25, -0.2) is 4.79 Å². The number of rotatable bonds is 6. The van der Waals surface area contributed by atoms with Gasteiger partial charge < -0.3 is 24.8 Å². The van der Waals surface area contributed by atoms with Crippen molar-refractivity contribution in [3.63, 3.8) is 0 Å². The van der Waals surface area contributed by atoms with Gasteiger partial charge in [-0.15, -0.1) is 11.8 Å². The minimum absolute atomic E-state index is 0.390. The summed E-state index contributed by atoms with van der Waals surface area (Å²) in [6.07, 6.45) is -1.19. The Morgan fingerprint density at radius 2 is 1.93 bits per heavy atom. The van der Waals surface area contributed by atoms with E-state index in [0.717, 1.165) is 21.6 Å². The predicted octanol–water partition coefficient (Wildman–Crippen LogP) is 2.60. The number of ether oxygens (including phenoxy) is 1. The van der Waals surface area contributed by atoms with Crippen LogP contribution < -0.4 is 10.8 Å². The maximum Gasteiger partial charge on any atom is 0.491 e. The third-order valence-corrected chi connectivity index (χ3v) is 5.40. The molecule has 8 heteroatoms. The van der Waals surface area contributed by atoms with Crippen molar-refractivity contribution in [3.8, 4) is 0 Å². The van der Waals surface area contributed by atoms with Crippen molar-refractivity contribution in [2.45, 2.75) is 44.0 Å². The Hall–Kier alpha value is -2.00. The smallest absolute Gasteiger partial charge is 0.444 e. The molecule has 0 bridgehead atoms. The minimum atomic E-state index is -0.926. The van der Waals surface area contributed by atoms with Crippen molar-refractivity contribution in [3.05, 3.63) is 59.2 Å². The number of alkyl carbamates (subject to hydrolysis) is 1. The van der Waals surface area contributed by atoms with Crippen LogP contribution in [0.1, 0.15) is 43.6 Å². The quantitative estimate of drug-likeness (QED) is 0.382. The first-order valence-corrected chi connectivity index (χ1v) is 10.5. The number of aliphatic hydroxyl groups excluding tert-OH is 1. The average Bonchev–Trinajstić information content (AvgIpc) is 3.04. The number of hydrogen-bond donors (Lipinski definition) is 3. The van der Waals surface area contributed by atoms with E-state index >= 15 is 0 Å². The van der Waals surface area contributed by atoms with Gasteiger partial charge in [0.15, 0.2) is 0 Å². The predicted molar refractivity (Wildman–Crippen MR) is 114 cm³/mol. The van der Waals surface area contributed by atoms with Crippen molar-refractivity contribution in [2.75, 3.05) is 12.3 Å². The summed E-state index contributed by atoms with van der Waals surface area (Å²) in [5.41, 5.74) is 2.65. The normalized spacial score (nSPS) is 14.4. The molecular formula is C21H26BNO5S. The second-order valence-electron chi connectivity index (χ2n) is 7.87. The van der Waals surface area contributed by atoms with Crippen LogP contribution >= 0.6 is 11.8 Å². The van der Waals surface area contributed by atoms with Crippen LogP contribution in [0, 0.1) is 0 Å². The van der Waals surface area contributed by atoms with E-state index in [1.165, 1.54) is 0 Å². The van der Waals surface area contributed by atoms with Gasteiger partial charge in [-0.05, 0) is 55.1 Å². The first-order chi connectivity index (χ1) is 13.7. The Labute approximate surface area is 175 Å². The van der Waals surface area contributed by atoms with Crippen molar-refractivity contribution >= 4 is 30.4 Å². The molecule has 1 atom stereocenters. The molecule has 1 unspecified atom stereocenters. The summed E-state index contributed by atoms with van der Waals surface area (Å²) in [5.74, 6) is 0.712. The van der Waals surface area contributed by atoms with Crippen LogP contribution in [0.3, 0.4) is 0 Å². The molecule has 0 aliphatic carbocycles. The highest BCUT2D eigenvalue weighted by atomic mass is 32.2. The Morgan fingerprint density at radius 3 is 2.62 bits per heavy atom. The zero-order valence-electron chi connectivity index (χ0n) is 16.8. The number of nitrogens with one attached hydrogen (secondary N) is 1. The summed E-state index contributed by atoms with van der Waals surface area (Å²) < 4.78 is 10.4. The maximum absolute atomic E-state index is 11.6. The van der Waals surface area contributed by atoms with Crippen LogP contribution in [0.2, 0.25) is 0 Å². The first kappa shape index (κ1) is 21.7. The Bertz CT molecular complexity index is 853. The molecule has 0 fully saturated rings. The standard InChI is InChI=1S/C21H26BNO5S/c1-21(2,3)28-20(25)23-10-11-29-17-8-6-14(7-9-17)19(24)15-4-5-16-13-27-22(26)18(16)12-15/h4-9,12,19,24,26H,10-11,13H2,1-3H3,(H,23,25). The molecule has 1 aliphatic heterocycles. The Balaban J connectivity index is 1.51.